The van der Waals surface area contributed by atoms with Crippen LogP contribution >= 0.6 is 0 Å². The molecule has 60 valence electrons. The van der Waals surface area contributed by atoms with E-state index < -0.39 is 5.82 Å². The molecule has 0 spiro atoms. The number of aromatic nitrogens is 1. The second kappa shape index (κ2) is 2.44. The van der Waals surface area contributed by atoms with E-state index >= 15 is 0 Å². The van der Waals surface area contributed by atoms with Crippen LogP contribution in [-0.4, -0.2) is 10.1 Å². The van der Waals surface area contributed by atoms with Crippen molar-refractivity contribution in [3.05, 3.63) is 36.3 Å². The highest BCUT2D eigenvalue weighted by Gasteiger charge is 2.03. The number of aromatic hydroxyl groups is 1. The van der Waals surface area contributed by atoms with Crippen molar-refractivity contribution in [2.45, 2.75) is 0 Å². The molecule has 0 atom stereocenters. The summed E-state index contributed by atoms with van der Waals surface area (Å²) in [6.45, 7) is 0. The predicted octanol–water partition coefficient (Wildman–Crippen LogP) is 2.08. The third kappa shape index (κ3) is 0.906. The van der Waals surface area contributed by atoms with Gasteiger partial charge in [-0.05, 0) is 18.2 Å². The van der Waals surface area contributed by atoms with Crippen LogP contribution in [0.4, 0.5) is 4.39 Å². The minimum atomic E-state index is -0.414. The van der Waals surface area contributed by atoms with Crippen molar-refractivity contribution in [2.75, 3.05) is 0 Å². The van der Waals surface area contributed by atoms with Crippen molar-refractivity contribution in [1.29, 1.82) is 0 Å². The van der Waals surface area contributed by atoms with Crippen LogP contribution in [-0.2, 0) is 0 Å². The minimum Gasteiger partial charge on any atom is -0.507 e. The Morgan fingerprint density at radius 3 is 2.83 bits per heavy atom. The summed E-state index contributed by atoms with van der Waals surface area (Å²) in [5.41, 5.74) is 0.206. The van der Waals surface area contributed by atoms with Crippen molar-refractivity contribution in [1.82, 2.24) is 4.98 Å². The Balaban J connectivity index is 2.94. The fraction of sp³-hybridized carbons (Fsp3) is 0. The molecule has 2 nitrogen and oxygen atoms in total. The molecule has 0 unspecified atom stereocenters. The minimum absolute atomic E-state index is 0.0551. The van der Waals surface area contributed by atoms with Crippen LogP contribution in [0.25, 0.3) is 10.9 Å². The van der Waals surface area contributed by atoms with Gasteiger partial charge in [-0.15, -0.1) is 0 Å². The lowest BCUT2D eigenvalue weighted by Crippen LogP contribution is -1.82. The summed E-state index contributed by atoms with van der Waals surface area (Å²) in [5, 5.41) is 9.73. The standard InChI is InChI=1S/C9H6FNO/c10-7-3-1-2-6-8(12)4-5-11-9(6)7/h1-5H,(H,11,12). The van der Waals surface area contributed by atoms with Crippen molar-refractivity contribution < 1.29 is 9.50 Å². The number of rotatable bonds is 0. The molecule has 0 fully saturated rings. The van der Waals surface area contributed by atoms with Gasteiger partial charge in [0.2, 0.25) is 0 Å². The van der Waals surface area contributed by atoms with Gasteiger partial charge in [-0.2, -0.15) is 0 Å². The summed E-state index contributed by atoms with van der Waals surface area (Å²) in [6, 6.07) is 5.91. The molecule has 1 aromatic heterocycles. The largest absolute Gasteiger partial charge is 0.507 e. The van der Waals surface area contributed by atoms with Gasteiger partial charge >= 0.3 is 0 Å². The zero-order chi connectivity index (χ0) is 8.55. The molecule has 2 rings (SSSR count). The number of para-hydroxylation sites is 1. The maximum Gasteiger partial charge on any atom is 0.149 e. The number of fused-ring (bicyclic) bond motifs is 1. The molecule has 1 N–H and O–H groups in total. The zero-order valence-corrected chi connectivity index (χ0v) is 6.16. The van der Waals surface area contributed by atoms with Gasteiger partial charge in [0.05, 0.1) is 0 Å². The smallest absolute Gasteiger partial charge is 0.149 e. The zero-order valence-electron chi connectivity index (χ0n) is 6.16. The molecule has 0 radical (unpaired) electrons. The van der Waals surface area contributed by atoms with Gasteiger partial charge in [0, 0.05) is 11.6 Å². The highest BCUT2D eigenvalue weighted by atomic mass is 19.1. The fourth-order valence-electron chi connectivity index (χ4n) is 1.13. The molecular formula is C9H6FNO. The van der Waals surface area contributed by atoms with Gasteiger partial charge < -0.3 is 5.11 Å². The molecule has 0 bridgehead atoms. The molecule has 2 aromatic rings. The summed E-state index contributed by atoms with van der Waals surface area (Å²) < 4.78 is 13.0. The van der Waals surface area contributed by atoms with Crippen molar-refractivity contribution in [2.24, 2.45) is 0 Å². The van der Waals surface area contributed by atoms with E-state index in [-0.39, 0.29) is 11.3 Å². The van der Waals surface area contributed by atoms with Crippen LogP contribution in [0.3, 0.4) is 0 Å². The molecule has 0 aliphatic heterocycles. The molecule has 0 saturated carbocycles. The van der Waals surface area contributed by atoms with Crippen LogP contribution in [0, 0.1) is 5.82 Å². The molecule has 1 heterocycles. The molecule has 12 heavy (non-hydrogen) atoms. The quantitative estimate of drug-likeness (QED) is 0.645. The Labute approximate surface area is 68.3 Å². The number of hydrogen-bond acceptors (Lipinski definition) is 2. The first-order valence-electron chi connectivity index (χ1n) is 3.51. The first kappa shape index (κ1) is 7.03. The lowest BCUT2D eigenvalue weighted by atomic mass is 10.2. The number of nitrogens with zero attached hydrogens (tertiary/aromatic N) is 1. The summed E-state index contributed by atoms with van der Waals surface area (Å²) in [5.74, 6) is -0.358. The van der Waals surface area contributed by atoms with E-state index in [4.69, 9.17) is 0 Å². The lowest BCUT2D eigenvalue weighted by molar-refractivity contribution is 0.481. The Bertz CT molecular complexity index is 387. The van der Waals surface area contributed by atoms with Gasteiger partial charge in [0.15, 0.2) is 0 Å². The third-order valence-corrected chi connectivity index (χ3v) is 1.70. The third-order valence-electron chi connectivity index (χ3n) is 1.70. The number of pyridine rings is 1. The first-order valence-corrected chi connectivity index (χ1v) is 3.51. The molecule has 1 aromatic carbocycles. The Morgan fingerprint density at radius 2 is 2.08 bits per heavy atom. The Morgan fingerprint density at radius 1 is 1.25 bits per heavy atom. The average Bonchev–Trinajstić information content (AvgIpc) is 2.07. The lowest BCUT2D eigenvalue weighted by Gasteiger charge is -1.98. The predicted molar refractivity (Wildman–Crippen MR) is 43.4 cm³/mol. The van der Waals surface area contributed by atoms with Crippen LogP contribution in [0.5, 0.6) is 5.75 Å². The van der Waals surface area contributed by atoms with E-state index in [1.165, 1.54) is 18.3 Å². The fourth-order valence-corrected chi connectivity index (χ4v) is 1.13. The summed E-state index contributed by atoms with van der Waals surface area (Å²) in [6.07, 6.45) is 1.38. The van der Waals surface area contributed by atoms with E-state index in [1.54, 1.807) is 12.1 Å². The second-order valence-electron chi connectivity index (χ2n) is 2.47. The van der Waals surface area contributed by atoms with Crippen LogP contribution < -0.4 is 0 Å². The molecule has 0 aliphatic carbocycles. The number of hydrogen-bond donors (Lipinski definition) is 1. The van der Waals surface area contributed by atoms with E-state index in [2.05, 4.69) is 4.98 Å². The summed E-state index contributed by atoms with van der Waals surface area (Å²) in [7, 11) is 0. The van der Waals surface area contributed by atoms with Crippen LogP contribution in [0.1, 0.15) is 0 Å². The SMILES string of the molecule is Oc1ccnc2c(F)cccc12. The van der Waals surface area contributed by atoms with Crippen LogP contribution in [0.15, 0.2) is 30.5 Å². The van der Waals surface area contributed by atoms with Gasteiger partial charge in [0.25, 0.3) is 0 Å². The van der Waals surface area contributed by atoms with Gasteiger partial charge in [0.1, 0.15) is 17.1 Å². The number of benzene rings is 1. The summed E-state index contributed by atoms with van der Waals surface area (Å²) in [4.78, 5) is 3.81. The van der Waals surface area contributed by atoms with Crippen molar-refractivity contribution in [3.8, 4) is 5.75 Å². The van der Waals surface area contributed by atoms with Gasteiger partial charge in [-0.1, -0.05) is 6.07 Å². The monoisotopic (exact) mass is 163 g/mol. The molecule has 3 heteroatoms. The highest BCUT2D eigenvalue weighted by molar-refractivity contribution is 5.84. The van der Waals surface area contributed by atoms with Gasteiger partial charge in [-0.25, -0.2) is 4.39 Å². The normalized spacial score (nSPS) is 10.4. The van der Waals surface area contributed by atoms with Crippen molar-refractivity contribution in [3.63, 3.8) is 0 Å². The highest BCUT2D eigenvalue weighted by Crippen LogP contribution is 2.23. The topological polar surface area (TPSA) is 33.1 Å². The Hall–Kier alpha value is -1.64. The molecular weight excluding hydrogens is 157 g/mol. The average molecular weight is 163 g/mol. The molecule has 0 amide bonds. The Kier molecular flexibility index (Phi) is 1.43. The molecule has 0 saturated heterocycles. The maximum atomic E-state index is 13.0. The van der Waals surface area contributed by atoms with Crippen LogP contribution in [0.2, 0.25) is 0 Å². The van der Waals surface area contributed by atoms with E-state index in [0.717, 1.165) is 0 Å². The van der Waals surface area contributed by atoms with E-state index in [0.29, 0.717) is 5.39 Å². The maximum absolute atomic E-state index is 13.0. The van der Waals surface area contributed by atoms with Crippen molar-refractivity contribution >= 4 is 10.9 Å². The summed E-state index contributed by atoms with van der Waals surface area (Å²) >= 11 is 0. The first-order chi connectivity index (χ1) is 5.79. The number of halogens is 1. The second-order valence-corrected chi connectivity index (χ2v) is 2.47. The van der Waals surface area contributed by atoms with E-state index in [9.17, 15) is 9.50 Å². The van der Waals surface area contributed by atoms with Gasteiger partial charge in [-0.3, -0.25) is 4.98 Å². The molecule has 0 aliphatic rings. The van der Waals surface area contributed by atoms with E-state index in [1.807, 2.05) is 0 Å².